The molecule has 36 heavy (non-hydrogen) atoms. The molecule has 12 heteroatoms. The average Bonchev–Trinajstić information content (AvgIpc) is 3.36. The molecule has 1 fully saturated rings. The van der Waals surface area contributed by atoms with E-state index in [1.54, 1.807) is 36.7 Å². The number of halogens is 1. The minimum Gasteiger partial charge on any atom is -0.379 e. The Bertz CT molecular complexity index is 1500. The van der Waals surface area contributed by atoms with E-state index in [4.69, 9.17) is 4.74 Å². The Morgan fingerprint density at radius 3 is 2.58 bits per heavy atom. The number of nitrogens with zero attached hydrogens (tertiary/aromatic N) is 3. The molecule has 1 amide bonds. The average molecular weight is 618 g/mol. The zero-order valence-electron chi connectivity index (χ0n) is 19.1. The van der Waals surface area contributed by atoms with Gasteiger partial charge in [-0.25, -0.2) is 13.4 Å². The predicted molar refractivity (Wildman–Crippen MR) is 145 cm³/mol. The molecule has 186 valence electrons. The summed E-state index contributed by atoms with van der Waals surface area (Å²) in [5.41, 5.74) is 3.14. The lowest BCUT2D eigenvalue weighted by atomic mass is 10.0. The fourth-order valence-electron chi connectivity index (χ4n) is 3.95. The van der Waals surface area contributed by atoms with Crippen LogP contribution in [0.25, 0.3) is 22.0 Å². The molecular formula is C24H23IN6O4S. The SMILES string of the molecule is O=C(CN1CCOCC1)Nc1cc(-c2cnc(I)c(NS(=O)(=O)c3ccccc3)c2)cc2[nH]ncc12. The summed E-state index contributed by atoms with van der Waals surface area (Å²) < 4.78 is 34.2. The van der Waals surface area contributed by atoms with Gasteiger partial charge in [0.15, 0.2) is 0 Å². The third-order valence-electron chi connectivity index (χ3n) is 5.77. The predicted octanol–water partition coefficient (Wildman–Crippen LogP) is 3.30. The van der Waals surface area contributed by atoms with Crippen LogP contribution in [0.4, 0.5) is 11.4 Å². The number of anilines is 2. The molecule has 0 atom stereocenters. The molecule has 0 unspecified atom stereocenters. The van der Waals surface area contributed by atoms with E-state index in [1.807, 2.05) is 39.6 Å². The number of hydrogen-bond donors (Lipinski definition) is 3. The Hall–Kier alpha value is -3.07. The lowest BCUT2D eigenvalue weighted by Crippen LogP contribution is -2.41. The van der Waals surface area contributed by atoms with Gasteiger partial charge in [0.2, 0.25) is 5.91 Å². The maximum absolute atomic E-state index is 12.9. The van der Waals surface area contributed by atoms with Crippen molar-refractivity contribution < 1.29 is 17.9 Å². The van der Waals surface area contributed by atoms with Crippen LogP contribution in [-0.2, 0) is 19.6 Å². The number of rotatable bonds is 7. The molecular weight excluding hydrogens is 595 g/mol. The third kappa shape index (κ3) is 5.51. The van der Waals surface area contributed by atoms with Crippen molar-refractivity contribution in [2.75, 3.05) is 42.9 Å². The number of H-pyrrole nitrogens is 1. The highest BCUT2D eigenvalue weighted by molar-refractivity contribution is 14.1. The lowest BCUT2D eigenvalue weighted by molar-refractivity contribution is -0.118. The fraction of sp³-hybridized carbons (Fsp3) is 0.208. The number of aromatic amines is 1. The number of pyridine rings is 1. The van der Waals surface area contributed by atoms with Crippen LogP contribution in [-0.4, -0.2) is 67.3 Å². The van der Waals surface area contributed by atoms with E-state index < -0.39 is 10.0 Å². The van der Waals surface area contributed by atoms with Gasteiger partial charge in [0.1, 0.15) is 3.70 Å². The smallest absolute Gasteiger partial charge is 0.261 e. The van der Waals surface area contributed by atoms with Gasteiger partial charge in [-0.15, -0.1) is 0 Å². The van der Waals surface area contributed by atoms with Crippen molar-refractivity contribution in [3.63, 3.8) is 0 Å². The number of aromatic nitrogens is 3. The van der Waals surface area contributed by atoms with E-state index in [9.17, 15) is 13.2 Å². The summed E-state index contributed by atoms with van der Waals surface area (Å²) in [5, 5.41) is 10.8. The summed E-state index contributed by atoms with van der Waals surface area (Å²) in [4.78, 5) is 19.4. The van der Waals surface area contributed by atoms with E-state index in [1.165, 1.54) is 12.1 Å². The normalized spacial score (nSPS) is 14.6. The maximum Gasteiger partial charge on any atom is 0.261 e. The van der Waals surface area contributed by atoms with Gasteiger partial charge in [-0.05, 0) is 58.5 Å². The van der Waals surface area contributed by atoms with E-state index in [2.05, 4.69) is 25.2 Å². The highest BCUT2D eigenvalue weighted by Gasteiger charge is 2.18. The Labute approximate surface area is 221 Å². The van der Waals surface area contributed by atoms with Crippen LogP contribution in [0.1, 0.15) is 0 Å². The second kappa shape index (κ2) is 10.5. The molecule has 2 aromatic carbocycles. The first-order valence-corrected chi connectivity index (χ1v) is 13.8. The van der Waals surface area contributed by atoms with Crippen LogP contribution in [0.15, 0.2) is 65.8 Å². The molecule has 0 spiro atoms. The van der Waals surface area contributed by atoms with Crippen LogP contribution >= 0.6 is 22.6 Å². The highest BCUT2D eigenvalue weighted by Crippen LogP contribution is 2.32. The van der Waals surface area contributed by atoms with Crippen molar-refractivity contribution in [1.29, 1.82) is 0 Å². The number of sulfonamides is 1. The number of morpholine rings is 1. The van der Waals surface area contributed by atoms with Gasteiger partial charge in [-0.3, -0.25) is 19.5 Å². The Kier molecular flexibility index (Phi) is 7.18. The van der Waals surface area contributed by atoms with Crippen LogP contribution < -0.4 is 10.0 Å². The van der Waals surface area contributed by atoms with Gasteiger partial charge in [0.25, 0.3) is 10.0 Å². The fourth-order valence-corrected chi connectivity index (χ4v) is 5.65. The number of hydrogen-bond acceptors (Lipinski definition) is 7. The van der Waals surface area contributed by atoms with Gasteiger partial charge in [0, 0.05) is 30.2 Å². The zero-order chi connectivity index (χ0) is 25.1. The van der Waals surface area contributed by atoms with E-state index in [0.29, 0.717) is 46.9 Å². The number of ether oxygens (including phenoxy) is 1. The van der Waals surface area contributed by atoms with Crippen molar-refractivity contribution in [3.05, 3.63) is 64.6 Å². The summed E-state index contributed by atoms with van der Waals surface area (Å²) in [6.07, 6.45) is 3.33. The Balaban J connectivity index is 1.44. The quantitative estimate of drug-likeness (QED) is 0.214. The molecule has 3 heterocycles. The standard InChI is InChI=1S/C24H23IN6O4S/c25-24-22(30-36(33,34)18-4-2-1-3-5-18)12-17(13-26-24)16-10-20(19-14-27-29-21(19)11-16)28-23(32)15-31-6-8-35-9-7-31/h1-5,10-14,30H,6-9,15H2,(H,27,29)(H,28,32). The Morgan fingerprint density at radius 1 is 1.06 bits per heavy atom. The minimum absolute atomic E-state index is 0.131. The monoisotopic (exact) mass is 618 g/mol. The molecule has 10 nitrogen and oxygen atoms in total. The van der Waals surface area contributed by atoms with Crippen molar-refractivity contribution in [2.24, 2.45) is 0 Å². The summed E-state index contributed by atoms with van der Waals surface area (Å²) in [7, 11) is -3.78. The second-order valence-electron chi connectivity index (χ2n) is 8.27. The van der Waals surface area contributed by atoms with Gasteiger partial charge in [-0.2, -0.15) is 5.10 Å². The van der Waals surface area contributed by atoms with Crippen molar-refractivity contribution in [2.45, 2.75) is 4.90 Å². The van der Waals surface area contributed by atoms with Crippen LogP contribution in [0.5, 0.6) is 0 Å². The summed E-state index contributed by atoms with van der Waals surface area (Å²) in [6, 6.07) is 13.6. The molecule has 0 radical (unpaired) electrons. The molecule has 0 aliphatic carbocycles. The molecule has 3 N–H and O–H groups in total. The first-order chi connectivity index (χ1) is 17.4. The molecule has 0 saturated carbocycles. The Morgan fingerprint density at radius 2 is 1.81 bits per heavy atom. The lowest BCUT2D eigenvalue weighted by Gasteiger charge is -2.25. The number of benzene rings is 2. The van der Waals surface area contributed by atoms with E-state index >= 15 is 0 Å². The zero-order valence-corrected chi connectivity index (χ0v) is 22.0. The number of amides is 1. The van der Waals surface area contributed by atoms with Crippen molar-refractivity contribution in [1.82, 2.24) is 20.1 Å². The summed E-state index contributed by atoms with van der Waals surface area (Å²) in [5.74, 6) is -0.131. The molecule has 5 rings (SSSR count). The molecule has 1 saturated heterocycles. The second-order valence-corrected chi connectivity index (χ2v) is 11.0. The van der Waals surface area contributed by atoms with Crippen LogP contribution in [0, 0.1) is 3.70 Å². The van der Waals surface area contributed by atoms with Crippen molar-refractivity contribution in [3.8, 4) is 11.1 Å². The molecule has 1 aliphatic heterocycles. The number of nitrogens with one attached hydrogen (secondary N) is 3. The first-order valence-electron chi connectivity index (χ1n) is 11.2. The van der Waals surface area contributed by atoms with Crippen molar-refractivity contribution >= 4 is 60.8 Å². The van der Waals surface area contributed by atoms with Gasteiger partial charge >= 0.3 is 0 Å². The highest BCUT2D eigenvalue weighted by atomic mass is 127. The van der Waals surface area contributed by atoms with Crippen LogP contribution in [0.2, 0.25) is 0 Å². The number of carbonyl (C=O) groups excluding carboxylic acids is 1. The van der Waals surface area contributed by atoms with Crippen LogP contribution in [0.3, 0.4) is 0 Å². The largest absolute Gasteiger partial charge is 0.379 e. The number of fused-ring (bicyclic) bond motifs is 1. The third-order valence-corrected chi connectivity index (χ3v) is 8.01. The summed E-state index contributed by atoms with van der Waals surface area (Å²) in [6.45, 7) is 2.92. The summed E-state index contributed by atoms with van der Waals surface area (Å²) >= 11 is 1.99. The van der Waals surface area contributed by atoms with E-state index in [0.717, 1.165) is 16.5 Å². The van der Waals surface area contributed by atoms with Gasteiger partial charge < -0.3 is 10.1 Å². The minimum atomic E-state index is -3.78. The molecule has 1 aliphatic rings. The number of carbonyl (C=O) groups is 1. The maximum atomic E-state index is 12.9. The van der Waals surface area contributed by atoms with Gasteiger partial charge in [0.05, 0.1) is 47.7 Å². The molecule has 0 bridgehead atoms. The van der Waals surface area contributed by atoms with Gasteiger partial charge in [-0.1, -0.05) is 18.2 Å². The molecule has 2 aromatic heterocycles. The van der Waals surface area contributed by atoms with E-state index in [-0.39, 0.29) is 17.3 Å². The first kappa shape index (κ1) is 24.6. The topological polar surface area (TPSA) is 129 Å². The molecule has 4 aromatic rings.